The Hall–Kier alpha value is -1.94. The van der Waals surface area contributed by atoms with E-state index in [-0.39, 0.29) is 11.4 Å². The molecule has 19 heavy (non-hydrogen) atoms. The number of carboxylic acids is 1. The number of aliphatic carboxylic acids is 1. The molecule has 1 aromatic rings. The molecule has 106 valence electrons. The molecular weight excluding hydrogens is 276 g/mol. The molecule has 2 N–H and O–H groups in total. The highest BCUT2D eigenvalue weighted by molar-refractivity contribution is 7.89. The Balaban J connectivity index is 2.90. The van der Waals surface area contributed by atoms with E-state index >= 15 is 0 Å². The van der Waals surface area contributed by atoms with Crippen molar-refractivity contribution in [1.29, 1.82) is 0 Å². The van der Waals surface area contributed by atoms with Crippen molar-refractivity contribution < 1.29 is 23.1 Å². The largest absolute Gasteiger partial charge is 0.480 e. The van der Waals surface area contributed by atoms with Crippen LogP contribution in [-0.2, 0) is 26.2 Å². The molecule has 9 nitrogen and oxygen atoms in total. The fraction of sp³-hybridized carbons (Fsp3) is 0.444. The summed E-state index contributed by atoms with van der Waals surface area (Å²) in [5, 5.41) is 14.5. The lowest BCUT2D eigenvalue weighted by Crippen LogP contribution is -2.36. The van der Waals surface area contributed by atoms with E-state index in [2.05, 4.69) is 10.4 Å². The van der Waals surface area contributed by atoms with Crippen molar-refractivity contribution in [2.75, 3.05) is 20.6 Å². The van der Waals surface area contributed by atoms with Gasteiger partial charge in [0, 0.05) is 20.3 Å². The first-order chi connectivity index (χ1) is 8.77. The molecule has 1 amide bonds. The summed E-state index contributed by atoms with van der Waals surface area (Å²) in [4.78, 5) is 21.4. The zero-order valence-electron chi connectivity index (χ0n) is 10.4. The van der Waals surface area contributed by atoms with Crippen LogP contribution in [0.4, 0.5) is 0 Å². The number of likely N-dealkylation sites (N-methyl/N-ethyl adjacent to an activating group) is 2. The van der Waals surface area contributed by atoms with E-state index in [1.54, 1.807) is 0 Å². The third-order valence-electron chi connectivity index (χ3n) is 2.26. The summed E-state index contributed by atoms with van der Waals surface area (Å²) in [7, 11) is -1.22. The number of rotatable bonds is 6. The summed E-state index contributed by atoms with van der Waals surface area (Å²) in [5.74, 6) is -1.59. The Morgan fingerprint density at radius 3 is 2.68 bits per heavy atom. The molecule has 0 aliphatic rings. The number of sulfonamides is 1. The number of carbonyl (C=O) groups excluding carboxylic acids is 1. The quantitative estimate of drug-likeness (QED) is 0.646. The maximum absolute atomic E-state index is 12.0. The smallest absolute Gasteiger partial charge is 0.325 e. The van der Waals surface area contributed by atoms with Gasteiger partial charge in [0.05, 0.1) is 12.7 Å². The van der Waals surface area contributed by atoms with Crippen LogP contribution in [-0.4, -0.2) is 60.1 Å². The van der Waals surface area contributed by atoms with Gasteiger partial charge in [-0.1, -0.05) is 0 Å². The van der Waals surface area contributed by atoms with Crippen LogP contribution in [0.3, 0.4) is 0 Å². The number of hydrogen-bond donors (Lipinski definition) is 2. The molecule has 1 rings (SSSR count). The predicted octanol–water partition coefficient (Wildman–Crippen LogP) is -1.67. The lowest BCUT2D eigenvalue weighted by Gasteiger charge is -2.14. The summed E-state index contributed by atoms with van der Waals surface area (Å²) in [5.41, 5.74) is 0. The van der Waals surface area contributed by atoms with Gasteiger partial charge >= 0.3 is 5.97 Å². The highest BCUT2D eigenvalue weighted by Gasteiger charge is 2.24. The molecule has 10 heteroatoms. The molecule has 0 unspecified atom stereocenters. The minimum absolute atomic E-state index is 0.167. The van der Waals surface area contributed by atoms with Crippen LogP contribution >= 0.6 is 0 Å². The first-order valence-corrected chi connectivity index (χ1v) is 6.62. The lowest BCUT2D eigenvalue weighted by molar-refractivity contribution is -0.137. The van der Waals surface area contributed by atoms with Crippen molar-refractivity contribution in [2.45, 2.75) is 11.4 Å². The number of aromatic nitrogens is 2. The van der Waals surface area contributed by atoms with Crippen LogP contribution in [0.1, 0.15) is 0 Å². The molecule has 0 radical (unpaired) electrons. The van der Waals surface area contributed by atoms with Crippen molar-refractivity contribution in [3.63, 3.8) is 0 Å². The molecule has 0 bridgehead atoms. The van der Waals surface area contributed by atoms with Gasteiger partial charge in [0.25, 0.3) is 0 Å². The molecule has 0 spiro atoms. The van der Waals surface area contributed by atoms with Gasteiger partial charge in [-0.05, 0) is 0 Å². The van der Waals surface area contributed by atoms with Crippen LogP contribution in [0.2, 0.25) is 0 Å². The first-order valence-electron chi connectivity index (χ1n) is 5.18. The summed E-state index contributed by atoms with van der Waals surface area (Å²) < 4.78 is 25.9. The normalized spacial score (nSPS) is 11.5. The number of carbonyl (C=O) groups is 2. The summed E-state index contributed by atoms with van der Waals surface area (Å²) in [6.07, 6.45) is 2.14. The van der Waals surface area contributed by atoms with Crippen molar-refractivity contribution >= 4 is 21.9 Å². The monoisotopic (exact) mass is 290 g/mol. The second-order valence-corrected chi connectivity index (χ2v) is 5.75. The van der Waals surface area contributed by atoms with Crippen molar-refractivity contribution in [3.05, 3.63) is 12.4 Å². The van der Waals surface area contributed by atoms with Gasteiger partial charge in [-0.25, -0.2) is 8.42 Å². The zero-order chi connectivity index (χ0) is 14.6. The summed E-state index contributed by atoms with van der Waals surface area (Å²) in [6.45, 7) is -0.766. The third-order valence-corrected chi connectivity index (χ3v) is 4.02. The Kier molecular flexibility index (Phi) is 4.62. The van der Waals surface area contributed by atoms with E-state index in [4.69, 9.17) is 5.11 Å². The number of nitrogens with one attached hydrogen (secondary N) is 1. The fourth-order valence-corrected chi connectivity index (χ4v) is 2.33. The number of carboxylic acid groups (broad SMARTS) is 1. The van der Waals surface area contributed by atoms with Gasteiger partial charge in [0.15, 0.2) is 0 Å². The average Bonchev–Trinajstić information content (AvgIpc) is 2.76. The van der Waals surface area contributed by atoms with Crippen LogP contribution < -0.4 is 5.32 Å². The molecule has 0 aromatic carbocycles. The molecule has 0 aliphatic heterocycles. The summed E-state index contributed by atoms with van der Waals surface area (Å²) >= 11 is 0. The van der Waals surface area contributed by atoms with Crippen molar-refractivity contribution in [3.8, 4) is 0 Å². The van der Waals surface area contributed by atoms with E-state index < -0.39 is 28.4 Å². The Morgan fingerprint density at radius 2 is 2.16 bits per heavy atom. The maximum Gasteiger partial charge on any atom is 0.325 e. The first kappa shape index (κ1) is 15.1. The molecule has 1 heterocycles. The minimum Gasteiger partial charge on any atom is -0.480 e. The van der Waals surface area contributed by atoms with Crippen LogP contribution in [0.15, 0.2) is 17.3 Å². The third kappa shape index (κ3) is 3.76. The van der Waals surface area contributed by atoms with Gasteiger partial charge in [-0.3, -0.25) is 14.3 Å². The Morgan fingerprint density at radius 1 is 1.53 bits per heavy atom. The molecule has 0 saturated carbocycles. The van der Waals surface area contributed by atoms with Gasteiger partial charge in [-0.2, -0.15) is 9.40 Å². The second-order valence-electron chi connectivity index (χ2n) is 3.70. The minimum atomic E-state index is -3.86. The number of amides is 1. The van der Waals surface area contributed by atoms with E-state index in [1.807, 2.05) is 0 Å². The van der Waals surface area contributed by atoms with E-state index in [9.17, 15) is 18.0 Å². The van der Waals surface area contributed by atoms with Crippen LogP contribution in [0.25, 0.3) is 0 Å². The van der Waals surface area contributed by atoms with Crippen molar-refractivity contribution in [2.24, 2.45) is 0 Å². The standard InChI is InChI=1S/C9H14N4O5S/c1-10-8(14)5-12(2)19(17,18)7-3-11-13(4-7)6-9(15)16/h3-4H,5-6H2,1-2H3,(H,10,14)(H,15,16). The Bertz CT molecular complexity index is 579. The van der Waals surface area contributed by atoms with Crippen LogP contribution in [0, 0.1) is 0 Å². The van der Waals surface area contributed by atoms with Crippen LogP contribution in [0.5, 0.6) is 0 Å². The zero-order valence-corrected chi connectivity index (χ0v) is 11.2. The maximum atomic E-state index is 12.0. The highest BCUT2D eigenvalue weighted by Crippen LogP contribution is 2.12. The van der Waals surface area contributed by atoms with E-state index in [0.717, 1.165) is 21.4 Å². The average molecular weight is 290 g/mol. The van der Waals surface area contributed by atoms with E-state index in [1.165, 1.54) is 14.1 Å². The molecule has 1 aromatic heterocycles. The molecule has 0 fully saturated rings. The highest BCUT2D eigenvalue weighted by atomic mass is 32.2. The molecule has 0 aliphatic carbocycles. The molecular formula is C9H14N4O5S. The van der Waals surface area contributed by atoms with Gasteiger partial charge in [-0.15, -0.1) is 0 Å². The van der Waals surface area contributed by atoms with Gasteiger partial charge in [0.2, 0.25) is 15.9 Å². The van der Waals surface area contributed by atoms with Gasteiger partial charge in [0.1, 0.15) is 11.4 Å². The molecule has 0 atom stereocenters. The topological polar surface area (TPSA) is 122 Å². The SMILES string of the molecule is CNC(=O)CN(C)S(=O)(=O)c1cnn(CC(=O)O)c1. The predicted molar refractivity (Wildman–Crippen MR) is 63.7 cm³/mol. The van der Waals surface area contributed by atoms with Gasteiger partial charge < -0.3 is 10.4 Å². The molecule has 0 saturated heterocycles. The Labute approximate surface area is 109 Å². The van der Waals surface area contributed by atoms with Crippen molar-refractivity contribution in [1.82, 2.24) is 19.4 Å². The summed E-state index contributed by atoms with van der Waals surface area (Å²) in [6, 6.07) is 0. The fourth-order valence-electron chi connectivity index (χ4n) is 1.25. The van der Waals surface area contributed by atoms with E-state index in [0.29, 0.717) is 0 Å². The lowest BCUT2D eigenvalue weighted by atomic mass is 10.6. The number of hydrogen-bond acceptors (Lipinski definition) is 5. The number of nitrogens with zero attached hydrogens (tertiary/aromatic N) is 3. The second kappa shape index (κ2) is 5.80.